The summed E-state index contributed by atoms with van der Waals surface area (Å²) in [6.45, 7) is 3.41. The van der Waals surface area contributed by atoms with Crippen LogP contribution in [0.25, 0.3) is 0 Å². The third-order valence-electron chi connectivity index (χ3n) is 5.24. The molecule has 1 aromatic heterocycles. The molecule has 31 heavy (non-hydrogen) atoms. The van der Waals surface area contributed by atoms with Crippen LogP contribution in [-0.2, 0) is 13.2 Å². The van der Waals surface area contributed by atoms with E-state index in [9.17, 15) is 4.79 Å². The smallest absolute Gasteiger partial charge is 0.291 e. The number of halogens is 2. The van der Waals surface area contributed by atoms with Gasteiger partial charge in [-0.05, 0) is 67.9 Å². The second-order valence-corrected chi connectivity index (χ2v) is 8.38. The molecule has 4 rings (SSSR count). The van der Waals surface area contributed by atoms with Crippen LogP contribution >= 0.6 is 23.2 Å². The number of furan rings is 1. The van der Waals surface area contributed by atoms with Gasteiger partial charge in [0.2, 0.25) is 0 Å². The summed E-state index contributed by atoms with van der Waals surface area (Å²) in [6, 6.07) is 16.4. The van der Waals surface area contributed by atoms with E-state index in [2.05, 4.69) is 22.3 Å². The Bertz CT molecular complexity index is 1030. The average Bonchev–Trinajstić information content (AvgIpc) is 3.26. The third kappa shape index (κ3) is 5.82. The standard InChI is InChI=1S/C24H24Cl2N2O3/c25-20-5-4-6-21(23(20)26)30-16-19-11-12-22(31-19)24(29)27-18-9-7-17(8-10-18)15-28-13-2-1-3-14-28/h4-12H,1-3,13-16H2,(H,27,29). The molecule has 2 heterocycles. The largest absolute Gasteiger partial charge is 0.484 e. The fourth-order valence-electron chi connectivity index (χ4n) is 3.58. The maximum Gasteiger partial charge on any atom is 0.291 e. The number of anilines is 1. The lowest BCUT2D eigenvalue weighted by Gasteiger charge is -2.26. The minimum absolute atomic E-state index is 0.137. The lowest BCUT2D eigenvalue weighted by molar-refractivity contribution is 0.0992. The van der Waals surface area contributed by atoms with Crippen molar-refractivity contribution in [1.29, 1.82) is 0 Å². The van der Waals surface area contributed by atoms with Crippen molar-refractivity contribution in [3.05, 3.63) is 81.7 Å². The Hall–Kier alpha value is -2.47. The summed E-state index contributed by atoms with van der Waals surface area (Å²) in [5.41, 5.74) is 1.98. The fraction of sp³-hybridized carbons (Fsp3) is 0.292. The van der Waals surface area contributed by atoms with Gasteiger partial charge in [0.25, 0.3) is 5.91 Å². The fourth-order valence-corrected chi connectivity index (χ4v) is 3.93. The zero-order valence-corrected chi connectivity index (χ0v) is 18.6. The van der Waals surface area contributed by atoms with E-state index in [-0.39, 0.29) is 18.3 Å². The van der Waals surface area contributed by atoms with Gasteiger partial charge in [-0.25, -0.2) is 0 Å². The lowest BCUT2D eigenvalue weighted by atomic mass is 10.1. The van der Waals surface area contributed by atoms with Crippen LogP contribution < -0.4 is 10.1 Å². The maximum atomic E-state index is 12.5. The predicted molar refractivity (Wildman–Crippen MR) is 123 cm³/mol. The van der Waals surface area contributed by atoms with Crippen LogP contribution in [0, 0.1) is 0 Å². The van der Waals surface area contributed by atoms with Crippen molar-refractivity contribution >= 4 is 34.8 Å². The first-order chi connectivity index (χ1) is 15.1. The number of hydrogen-bond donors (Lipinski definition) is 1. The highest BCUT2D eigenvalue weighted by atomic mass is 35.5. The Kier molecular flexibility index (Phi) is 7.17. The minimum Gasteiger partial charge on any atom is -0.484 e. The van der Waals surface area contributed by atoms with Gasteiger partial charge in [-0.2, -0.15) is 0 Å². The highest BCUT2D eigenvalue weighted by molar-refractivity contribution is 6.42. The lowest BCUT2D eigenvalue weighted by Crippen LogP contribution is -2.29. The van der Waals surface area contributed by atoms with Gasteiger partial charge >= 0.3 is 0 Å². The molecule has 7 heteroatoms. The van der Waals surface area contributed by atoms with Crippen LogP contribution in [0.5, 0.6) is 5.75 Å². The molecule has 0 atom stereocenters. The molecule has 0 aliphatic carbocycles. The topological polar surface area (TPSA) is 54.7 Å². The van der Waals surface area contributed by atoms with Crippen LogP contribution in [0.15, 0.2) is 59.0 Å². The summed E-state index contributed by atoms with van der Waals surface area (Å²) < 4.78 is 11.3. The first-order valence-corrected chi connectivity index (χ1v) is 11.1. The van der Waals surface area contributed by atoms with Crippen LogP contribution in [-0.4, -0.2) is 23.9 Å². The number of hydrogen-bond acceptors (Lipinski definition) is 4. The zero-order chi connectivity index (χ0) is 21.6. The molecule has 5 nitrogen and oxygen atoms in total. The molecular weight excluding hydrogens is 435 g/mol. The van der Waals surface area contributed by atoms with Crippen LogP contribution in [0.3, 0.4) is 0 Å². The van der Waals surface area contributed by atoms with Crippen molar-refractivity contribution in [2.45, 2.75) is 32.4 Å². The van der Waals surface area contributed by atoms with E-state index < -0.39 is 0 Å². The summed E-state index contributed by atoms with van der Waals surface area (Å²) in [6.07, 6.45) is 3.88. The molecule has 3 aromatic rings. The Morgan fingerprint density at radius 1 is 1.00 bits per heavy atom. The Morgan fingerprint density at radius 3 is 2.55 bits per heavy atom. The minimum atomic E-state index is -0.309. The summed E-state index contributed by atoms with van der Waals surface area (Å²) in [4.78, 5) is 15.0. The molecule has 1 N–H and O–H groups in total. The quantitative estimate of drug-likeness (QED) is 0.444. The molecule has 1 fully saturated rings. The molecule has 1 saturated heterocycles. The van der Waals surface area contributed by atoms with Gasteiger partial charge in [0.05, 0.1) is 5.02 Å². The molecule has 0 radical (unpaired) electrons. The van der Waals surface area contributed by atoms with Gasteiger partial charge in [0.1, 0.15) is 23.1 Å². The summed E-state index contributed by atoms with van der Waals surface area (Å²) in [5, 5.41) is 3.63. The molecule has 1 aliphatic rings. The Balaban J connectivity index is 1.30. The van der Waals surface area contributed by atoms with Crippen molar-refractivity contribution in [3.8, 4) is 5.75 Å². The van der Waals surface area contributed by atoms with E-state index >= 15 is 0 Å². The number of nitrogens with one attached hydrogen (secondary N) is 1. The number of rotatable bonds is 7. The highest BCUT2D eigenvalue weighted by Gasteiger charge is 2.14. The highest BCUT2D eigenvalue weighted by Crippen LogP contribution is 2.32. The van der Waals surface area contributed by atoms with Crippen molar-refractivity contribution < 1.29 is 13.9 Å². The van der Waals surface area contributed by atoms with Crippen LogP contribution in [0.4, 0.5) is 5.69 Å². The first-order valence-electron chi connectivity index (χ1n) is 10.4. The van der Waals surface area contributed by atoms with E-state index in [1.165, 1.54) is 24.8 Å². The number of likely N-dealkylation sites (tertiary alicyclic amines) is 1. The number of nitrogens with zero attached hydrogens (tertiary/aromatic N) is 1. The van der Waals surface area contributed by atoms with Crippen LogP contribution in [0.1, 0.15) is 41.1 Å². The number of ether oxygens (including phenoxy) is 1. The number of carbonyl (C=O) groups is 1. The Morgan fingerprint density at radius 2 is 1.77 bits per heavy atom. The summed E-state index contributed by atoms with van der Waals surface area (Å²) in [5.74, 6) is 0.878. The van der Waals surface area contributed by atoms with Crippen LogP contribution in [0.2, 0.25) is 10.0 Å². The molecule has 2 aromatic carbocycles. The second kappa shape index (κ2) is 10.2. The SMILES string of the molecule is O=C(Nc1ccc(CN2CCCCC2)cc1)c1ccc(COc2cccc(Cl)c2Cl)o1. The third-order valence-corrected chi connectivity index (χ3v) is 6.04. The van der Waals surface area contributed by atoms with Gasteiger partial charge in [0.15, 0.2) is 5.76 Å². The van der Waals surface area contributed by atoms with Gasteiger partial charge in [-0.15, -0.1) is 0 Å². The number of benzene rings is 2. The number of amides is 1. The van der Waals surface area contributed by atoms with Gasteiger partial charge in [-0.3, -0.25) is 9.69 Å². The van der Waals surface area contributed by atoms with Gasteiger partial charge in [0, 0.05) is 12.2 Å². The second-order valence-electron chi connectivity index (χ2n) is 7.59. The van der Waals surface area contributed by atoms with Crippen molar-refractivity contribution in [1.82, 2.24) is 4.90 Å². The van der Waals surface area contributed by atoms with E-state index in [0.717, 1.165) is 25.3 Å². The van der Waals surface area contributed by atoms with Crippen molar-refractivity contribution in [2.75, 3.05) is 18.4 Å². The van der Waals surface area contributed by atoms with E-state index in [1.54, 1.807) is 30.3 Å². The molecular formula is C24H24Cl2N2O3. The molecule has 0 spiro atoms. The van der Waals surface area contributed by atoms with Crippen molar-refractivity contribution in [3.63, 3.8) is 0 Å². The summed E-state index contributed by atoms with van der Waals surface area (Å²) >= 11 is 12.1. The number of piperidine rings is 1. The predicted octanol–water partition coefficient (Wildman–Crippen LogP) is 6.40. The van der Waals surface area contributed by atoms with E-state index in [1.807, 2.05) is 12.1 Å². The van der Waals surface area contributed by atoms with Gasteiger partial charge < -0.3 is 14.5 Å². The van der Waals surface area contributed by atoms with E-state index in [0.29, 0.717) is 21.6 Å². The van der Waals surface area contributed by atoms with Gasteiger partial charge in [-0.1, -0.05) is 47.8 Å². The molecule has 0 bridgehead atoms. The normalized spacial score (nSPS) is 14.4. The molecule has 1 aliphatic heterocycles. The number of carbonyl (C=O) groups excluding carboxylic acids is 1. The molecule has 162 valence electrons. The molecule has 0 saturated carbocycles. The average molecular weight is 459 g/mol. The van der Waals surface area contributed by atoms with E-state index in [4.69, 9.17) is 32.4 Å². The molecule has 0 unspecified atom stereocenters. The van der Waals surface area contributed by atoms with Crippen molar-refractivity contribution in [2.24, 2.45) is 0 Å². The summed E-state index contributed by atoms with van der Waals surface area (Å²) in [7, 11) is 0. The first kappa shape index (κ1) is 21.8. The monoisotopic (exact) mass is 458 g/mol. The zero-order valence-electron chi connectivity index (χ0n) is 17.1. The Labute approximate surface area is 191 Å². The maximum absolute atomic E-state index is 12.5. The molecule has 1 amide bonds.